The topological polar surface area (TPSA) is 91.7 Å². The van der Waals surface area contributed by atoms with Crippen LogP contribution in [0.2, 0.25) is 0 Å². The molecule has 1 aliphatic rings. The van der Waals surface area contributed by atoms with Gasteiger partial charge < -0.3 is 0 Å². The molecule has 1 N–H and O–H groups in total. The Balaban J connectivity index is 0.00000119. The number of nitrogens with zero attached hydrogens (tertiary/aromatic N) is 2. The first kappa shape index (κ1) is 35.3. The molecule has 0 spiro atoms. The van der Waals surface area contributed by atoms with Gasteiger partial charge in [0.2, 0.25) is 0 Å². The zero-order valence-corrected chi connectivity index (χ0v) is 25.3. The third-order valence-corrected chi connectivity index (χ3v) is 6.72. The molecule has 0 saturated carbocycles. The molecular weight excluding hydrogens is 565 g/mol. The van der Waals surface area contributed by atoms with Crippen LogP contribution in [0.1, 0.15) is 106 Å². The molecule has 1 amide bonds. The van der Waals surface area contributed by atoms with Gasteiger partial charge in [-0.15, -0.1) is 0 Å². The maximum atomic E-state index is 13.7. The van der Waals surface area contributed by atoms with E-state index in [-0.39, 0.29) is 11.3 Å². The van der Waals surface area contributed by atoms with Crippen LogP contribution in [0.4, 0.5) is 17.6 Å². The number of hydrogen-bond acceptors (Lipinski definition) is 6. The fourth-order valence-electron chi connectivity index (χ4n) is 4.22. The van der Waals surface area contributed by atoms with Crippen molar-refractivity contribution in [3.63, 3.8) is 0 Å². The molecule has 1 heterocycles. The number of benzene rings is 2. The van der Waals surface area contributed by atoms with Crippen LogP contribution < -0.4 is 5.32 Å². The van der Waals surface area contributed by atoms with Gasteiger partial charge in [-0.25, -0.2) is 0 Å². The van der Waals surface area contributed by atoms with E-state index >= 15 is 0 Å². The van der Waals surface area contributed by atoms with Crippen molar-refractivity contribution in [2.75, 3.05) is 0 Å². The Morgan fingerprint density at radius 3 is 2.26 bits per heavy atom. The second kappa shape index (κ2) is 16.1. The molecule has 7 nitrogen and oxygen atoms in total. The van der Waals surface area contributed by atoms with Crippen molar-refractivity contribution >= 4 is 24.7 Å². The molecule has 12 heteroatoms. The van der Waals surface area contributed by atoms with Gasteiger partial charge in [0.25, 0.3) is 0 Å². The van der Waals surface area contributed by atoms with Crippen LogP contribution in [0.25, 0.3) is 0 Å². The van der Waals surface area contributed by atoms with Crippen LogP contribution >= 0.6 is 0 Å². The molecule has 232 valence electrons. The van der Waals surface area contributed by atoms with Crippen LogP contribution in [0.15, 0.2) is 42.5 Å². The number of nitriles is 1. The van der Waals surface area contributed by atoms with Crippen molar-refractivity contribution in [2.45, 2.75) is 91.6 Å². The Labute approximate surface area is 251 Å². The van der Waals surface area contributed by atoms with Crippen molar-refractivity contribution in [1.29, 1.82) is 5.26 Å². The summed E-state index contributed by atoms with van der Waals surface area (Å²) in [4.78, 5) is 27.6. The van der Waals surface area contributed by atoms with E-state index in [1.54, 1.807) is 0 Å². The van der Waals surface area contributed by atoms with Crippen molar-refractivity contribution in [1.82, 2.24) is 10.2 Å². The number of amides is 1. The summed E-state index contributed by atoms with van der Waals surface area (Å²) < 4.78 is 64.5. The maximum absolute atomic E-state index is 13.7. The van der Waals surface area contributed by atoms with Crippen molar-refractivity contribution < 1.29 is 36.5 Å². The Morgan fingerprint density at radius 1 is 1.12 bits per heavy atom. The van der Waals surface area contributed by atoms with Gasteiger partial charge in [-0.1, -0.05) is 27.2 Å². The average molecular weight is 603 g/mol. The minimum absolute atomic E-state index is 0.0955. The van der Waals surface area contributed by atoms with Gasteiger partial charge in [-0.3, -0.25) is 0 Å². The minimum atomic E-state index is -4.81. The predicted molar refractivity (Wildman–Crippen MR) is 156 cm³/mol. The number of carbonyl (C=O) groups is 2. The summed E-state index contributed by atoms with van der Waals surface area (Å²) in [6, 6.07) is 6.57. The molecule has 0 aliphatic carbocycles. The van der Waals surface area contributed by atoms with Gasteiger partial charge in [-0.05, 0) is 5.92 Å². The molecule has 1 saturated heterocycles. The molecule has 0 radical (unpaired) electrons. The van der Waals surface area contributed by atoms with Gasteiger partial charge in [0.05, 0.1) is 0 Å². The van der Waals surface area contributed by atoms with Crippen LogP contribution in [0, 0.1) is 23.3 Å². The van der Waals surface area contributed by atoms with E-state index in [0.29, 0.717) is 24.8 Å². The van der Waals surface area contributed by atoms with E-state index in [1.165, 1.54) is 61.8 Å². The standard InChI is InChI=1S/C26H26BF4N3O4.C5H12/c1-4-5-6-21(17-9-12-20(26(29,30)31)19(13-17)24(36)38-15(2)3)34-23(35)22(33-25(34)27-37-14-32)16-7-10-18(28)11-8-16;1-4-5(2)3/h7-13,15,21-22,33H,4-6H2,1-3H3;5H,4H2,1-3H3. The van der Waals surface area contributed by atoms with Gasteiger partial charge in [0.15, 0.2) is 0 Å². The molecular formula is C31H38BF4N3O4. The zero-order chi connectivity index (χ0) is 32.3. The van der Waals surface area contributed by atoms with Crippen LogP contribution in [-0.2, 0) is 20.4 Å². The Bertz CT molecular complexity index is 1310. The molecule has 0 bridgehead atoms. The fourth-order valence-corrected chi connectivity index (χ4v) is 4.22. The summed E-state index contributed by atoms with van der Waals surface area (Å²) in [5.74, 6) is -1.24. The fraction of sp³-hybridized carbons (Fsp3) is 0.484. The van der Waals surface area contributed by atoms with Crippen LogP contribution in [-0.4, -0.2) is 35.7 Å². The molecule has 1 fully saturated rings. The molecule has 2 atom stereocenters. The molecule has 2 aromatic carbocycles. The molecule has 2 unspecified atom stereocenters. The number of rotatable bonds is 10. The third-order valence-electron chi connectivity index (χ3n) is 6.72. The first-order chi connectivity index (χ1) is 20.2. The normalized spacial score (nSPS) is 16.3. The Hall–Kier alpha value is -3.88. The van der Waals surface area contributed by atoms with Crippen LogP contribution in [0.5, 0.6) is 0 Å². The molecule has 43 heavy (non-hydrogen) atoms. The van der Waals surface area contributed by atoms with Gasteiger partial charge in [0.1, 0.15) is 0 Å². The van der Waals surface area contributed by atoms with Crippen LogP contribution in [0.3, 0.4) is 0 Å². The summed E-state index contributed by atoms with van der Waals surface area (Å²) in [5.41, 5.74) is -1.03. The zero-order valence-electron chi connectivity index (χ0n) is 25.3. The number of alkyl halides is 3. The predicted octanol–water partition coefficient (Wildman–Crippen LogP) is 7.07. The van der Waals surface area contributed by atoms with E-state index in [9.17, 15) is 27.2 Å². The van der Waals surface area contributed by atoms with E-state index in [2.05, 4.69) is 26.1 Å². The van der Waals surface area contributed by atoms with Crippen molar-refractivity contribution in [2.24, 2.45) is 5.92 Å². The first-order valence-electron chi connectivity index (χ1n) is 14.3. The van der Waals surface area contributed by atoms with Gasteiger partial charge in [0, 0.05) is 0 Å². The molecule has 2 aromatic rings. The van der Waals surface area contributed by atoms with Gasteiger partial charge in [-0.2, -0.15) is 0 Å². The number of ether oxygens (including phenoxy) is 1. The molecule has 3 rings (SSSR count). The second-order valence-corrected chi connectivity index (χ2v) is 10.8. The Kier molecular flexibility index (Phi) is 13.2. The van der Waals surface area contributed by atoms with E-state index < -0.39 is 53.2 Å². The summed E-state index contributed by atoms with van der Waals surface area (Å²) in [6.45, 7) is 11.6. The number of nitrogens with one attached hydrogen (secondary N) is 1. The number of carbonyl (C=O) groups excluding carboxylic acids is 2. The summed E-state index contributed by atoms with van der Waals surface area (Å²) in [6.07, 6.45) is -1.04. The number of hydrogen-bond donors (Lipinski definition) is 1. The van der Waals surface area contributed by atoms with E-state index in [0.717, 1.165) is 25.2 Å². The molecule has 0 aromatic heterocycles. The summed E-state index contributed by atoms with van der Waals surface area (Å²) in [7, 11) is 1.03. The van der Waals surface area contributed by atoms with Crippen molar-refractivity contribution in [3.8, 4) is 6.26 Å². The van der Waals surface area contributed by atoms with E-state index in [1.807, 2.05) is 6.92 Å². The monoisotopic (exact) mass is 603 g/mol. The number of esters is 1. The van der Waals surface area contributed by atoms with E-state index in [4.69, 9.17) is 14.7 Å². The number of halogens is 4. The number of unbranched alkanes of at least 4 members (excludes halogenated alkanes) is 1. The second-order valence-electron chi connectivity index (χ2n) is 10.8. The Morgan fingerprint density at radius 2 is 1.74 bits per heavy atom. The van der Waals surface area contributed by atoms with Gasteiger partial charge >= 0.3 is 218 Å². The average Bonchev–Trinajstić information content (AvgIpc) is 3.27. The molecule has 1 aliphatic heterocycles. The first-order valence-corrected chi connectivity index (χ1v) is 14.3. The quantitative estimate of drug-likeness (QED) is 0.135. The SMILES string of the molecule is CCC(C)C.CCCCC(c1ccc(C(F)(F)F)c(C(=O)OC(C)C)c1)N1C(=O)C(c2ccc(F)cc2)NC1=BOC#N. The summed E-state index contributed by atoms with van der Waals surface area (Å²) in [5, 5.41) is 11.9. The van der Waals surface area contributed by atoms with Crippen molar-refractivity contribution in [3.05, 3.63) is 70.5 Å². The summed E-state index contributed by atoms with van der Waals surface area (Å²) >= 11 is 0. The third kappa shape index (κ3) is 9.84.